The Balaban J connectivity index is 3.22. The van der Waals surface area contributed by atoms with Gasteiger partial charge in [0.25, 0.3) is 0 Å². The lowest BCUT2D eigenvalue weighted by Gasteiger charge is -2.18. The van der Waals surface area contributed by atoms with E-state index in [0.29, 0.717) is 30.8 Å². The Hall–Kier alpha value is -2.37. The van der Waals surface area contributed by atoms with Gasteiger partial charge in [-0.15, -0.1) is 0 Å². The molecule has 0 heterocycles. The lowest BCUT2D eigenvalue weighted by molar-refractivity contribution is 0.0446. The van der Waals surface area contributed by atoms with Crippen molar-refractivity contribution in [2.45, 2.75) is 163 Å². The fourth-order valence-corrected chi connectivity index (χ4v) is 5.25. The van der Waals surface area contributed by atoms with Crippen LogP contribution in [0.4, 0.5) is 0 Å². The van der Waals surface area contributed by atoms with Crippen LogP contribution >= 0.6 is 0 Å². The molecule has 0 N–H and O–H groups in total. The normalized spacial score (nSPS) is 11.0. The zero-order valence-corrected chi connectivity index (χ0v) is 28.1. The fourth-order valence-electron chi connectivity index (χ4n) is 5.25. The number of unbranched alkanes of at least 4 members (excludes halogenated alkanes) is 16. The van der Waals surface area contributed by atoms with Crippen molar-refractivity contribution in [3.63, 3.8) is 0 Å². The minimum Gasteiger partial charge on any atom is -0.462 e. The Morgan fingerprint density at radius 3 is 1.26 bits per heavy atom. The highest BCUT2D eigenvalue weighted by Gasteiger charge is 2.28. The Morgan fingerprint density at radius 1 is 0.442 bits per heavy atom. The standard InChI is InChI=1S/C37H62O6/c1-5-9-13-17-18-19-20-21-25-31-32(35(38)41-28-22-14-10-6-2)26-27-33(36(39)42-29-23-15-11-7-3)34(31)37(40)43-30-24-16-12-8-4/h26-27H,5-25,28-30H2,1-4H3. The molecule has 0 aromatic heterocycles. The summed E-state index contributed by atoms with van der Waals surface area (Å²) in [4.78, 5) is 40.2. The number of benzene rings is 1. The highest BCUT2D eigenvalue weighted by atomic mass is 16.5. The average molecular weight is 603 g/mol. The van der Waals surface area contributed by atoms with Gasteiger partial charge in [0.05, 0.1) is 36.5 Å². The molecule has 1 rings (SSSR count). The third-order valence-corrected chi connectivity index (χ3v) is 7.93. The van der Waals surface area contributed by atoms with Gasteiger partial charge in [-0.1, -0.05) is 130 Å². The lowest BCUT2D eigenvalue weighted by atomic mass is 9.91. The van der Waals surface area contributed by atoms with Crippen molar-refractivity contribution in [3.8, 4) is 0 Å². The number of hydrogen-bond donors (Lipinski definition) is 0. The molecule has 0 saturated heterocycles. The van der Waals surface area contributed by atoms with Gasteiger partial charge in [0.15, 0.2) is 0 Å². The number of carbonyl (C=O) groups excluding carboxylic acids is 3. The van der Waals surface area contributed by atoms with Crippen LogP contribution in [0, 0.1) is 0 Å². The molecule has 0 fully saturated rings. The third kappa shape index (κ3) is 16.9. The molecule has 0 radical (unpaired) electrons. The van der Waals surface area contributed by atoms with Gasteiger partial charge in [0, 0.05) is 0 Å². The predicted molar refractivity (Wildman–Crippen MR) is 176 cm³/mol. The Kier molecular flexibility index (Phi) is 23.4. The molecule has 0 aliphatic heterocycles. The molecule has 246 valence electrons. The van der Waals surface area contributed by atoms with E-state index in [9.17, 15) is 14.4 Å². The van der Waals surface area contributed by atoms with Crippen molar-refractivity contribution in [1.29, 1.82) is 0 Å². The van der Waals surface area contributed by atoms with E-state index in [4.69, 9.17) is 14.2 Å². The molecule has 6 heteroatoms. The smallest absolute Gasteiger partial charge is 0.339 e. The third-order valence-electron chi connectivity index (χ3n) is 7.93. The quantitative estimate of drug-likeness (QED) is 0.0566. The molecule has 0 aliphatic carbocycles. The first-order valence-electron chi connectivity index (χ1n) is 17.7. The second kappa shape index (κ2) is 26.1. The summed E-state index contributed by atoms with van der Waals surface area (Å²) in [5.41, 5.74) is 1.28. The van der Waals surface area contributed by atoms with E-state index in [-0.39, 0.29) is 17.7 Å². The van der Waals surface area contributed by atoms with Crippen LogP contribution in [0.1, 0.15) is 193 Å². The molecule has 6 nitrogen and oxygen atoms in total. The molecule has 0 aliphatic rings. The monoisotopic (exact) mass is 602 g/mol. The van der Waals surface area contributed by atoms with Crippen molar-refractivity contribution in [2.75, 3.05) is 19.8 Å². The van der Waals surface area contributed by atoms with Crippen LogP contribution in [-0.4, -0.2) is 37.7 Å². The van der Waals surface area contributed by atoms with Crippen LogP contribution in [0.5, 0.6) is 0 Å². The zero-order valence-electron chi connectivity index (χ0n) is 28.1. The highest BCUT2D eigenvalue weighted by Crippen LogP contribution is 2.26. The first-order chi connectivity index (χ1) is 21.0. The molecular weight excluding hydrogens is 540 g/mol. The second-order valence-corrected chi connectivity index (χ2v) is 11.8. The van der Waals surface area contributed by atoms with Crippen LogP contribution in [0.3, 0.4) is 0 Å². The first-order valence-corrected chi connectivity index (χ1v) is 17.7. The van der Waals surface area contributed by atoms with E-state index in [2.05, 4.69) is 27.7 Å². The average Bonchev–Trinajstić information content (AvgIpc) is 3.01. The summed E-state index contributed by atoms with van der Waals surface area (Å²) in [6, 6.07) is 3.19. The van der Waals surface area contributed by atoms with Crippen LogP contribution in [-0.2, 0) is 20.6 Å². The number of rotatable bonds is 27. The molecule has 0 amide bonds. The van der Waals surface area contributed by atoms with Gasteiger partial charge in [-0.2, -0.15) is 0 Å². The van der Waals surface area contributed by atoms with Crippen molar-refractivity contribution >= 4 is 17.9 Å². The molecule has 0 saturated carbocycles. The minimum absolute atomic E-state index is 0.178. The van der Waals surface area contributed by atoms with Crippen LogP contribution in [0.25, 0.3) is 0 Å². The van der Waals surface area contributed by atoms with Crippen molar-refractivity contribution < 1.29 is 28.6 Å². The Morgan fingerprint density at radius 2 is 0.791 bits per heavy atom. The number of carbonyl (C=O) groups is 3. The van der Waals surface area contributed by atoms with Crippen molar-refractivity contribution in [2.24, 2.45) is 0 Å². The SMILES string of the molecule is CCCCCCCCCCc1c(C(=O)OCCCCCC)ccc(C(=O)OCCCCCC)c1C(=O)OCCCCCC. The summed E-state index contributed by atoms with van der Waals surface area (Å²) in [5.74, 6) is -1.53. The second-order valence-electron chi connectivity index (χ2n) is 11.8. The van der Waals surface area contributed by atoms with E-state index in [1.54, 1.807) is 12.1 Å². The van der Waals surface area contributed by atoms with E-state index in [1.807, 2.05) is 0 Å². The molecule has 0 unspecified atom stereocenters. The van der Waals surface area contributed by atoms with Gasteiger partial charge in [-0.05, 0) is 49.8 Å². The van der Waals surface area contributed by atoms with Crippen LogP contribution in [0.15, 0.2) is 12.1 Å². The van der Waals surface area contributed by atoms with Gasteiger partial charge in [-0.25, -0.2) is 14.4 Å². The predicted octanol–water partition coefficient (Wildman–Crippen LogP) is 10.6. The first kappa shape index (κ1) is 38.7. The van der Waals surface area contributed by atoms with E-state index in [0.717, 1.165) is 96.3 Å². The summed E-state index contributed by atoms with van der Waals surface area (Å²) >= 11 is 0. The maximum atomic E-state index is 13.6. The molecule has 1 aromatic rings. The molecule has 0 bridgehead atoms. The van der Waals surface area contributed by atoms with Crippen molar-refractivity contribution in [1.82, 2.24) is 0 Å². The Bertz CT molecular complexity index is 893. The zero-order chi connectivity index (χ0) is 31.5. The largest absolute Gasteiger partial charge is 0.462 e. The molecule has 43 heavy (non-hydrogen) atoms. The maximum absolute atomic E-state index is 13.6. The molecule has 0 spiro atoms. The summed E-state index contributed by atoms with van der Waals surface area (Å²) in [6.07, 6.45) is 21.5. The topological polar surface area (TPSA) is 78.9 Å². The molecule has 1 aromatic carbocycles. The highest BCUT2D eigenvalue weighted by molar-refractivity contribution is 6.07. The number of esters is 3. The van der Waals surface area contributed by atoms with Gasteiger partial charge < -0.3 is 14.2 Å². The van der Waals surface area contributed by atoms with E-state index < -0.39 is 17.9 Å². The maximum Gasteiger partial charge on any atom is 0.339 e. The van der Waals surface area contributed by atoms with Crippen LogP contribution < -0.4 is 0 Å². The molecule has 0 atom stereocenters. The van der Waals surface area contributed by atoms with Crippen molar-refractivity contribution in [3.05, 3.63) is 34.4 Å². The number of ether oxygens (including phenoxy) is 3. The van der Waals surface area contributed by atoms with Crippen LogP contribution in [0.2, 0.25) is 0 Å². The van der Waals surface area contributed by atoms with Gasteiger partial charge in [-0.3, -0.25) is 0 Å². The van der Waals surface area contributed by atoms with Gasteiger partial charge in [0.2, 0.25) is 0 Å². The summed E-state index contributed by atoms with van der Waals surface area (Å²) in [5, 5.41) is 0. The minimum atomic E-state index is -0.554. The van der Waals surface area contributed by atoms with Gasteiger partial charge >= 0.3 is 17.9 Å². The fraction of sp³-hybridized carbons (Fsp3) is 0.757. The molecular formula is C37H62O6. The summed E-state index contributed by atoms with van der Waals surface area (Å²) in [6.45, 7) is 9.57. The van der Waals surface area contributed by atoms with Gasteiger partial charge in [0.1, 0.15) is 0 Å². The van der Waals surface area contributed by atoms with E-state index in [1.165, 1.54) is 32.1 Å². The summed E-state index contributed by atoms with van der Waals surface area (Å²) < 4.78 is 17.0. The lowest BCUT2D eigenvalue weighted by Crippen LogP contribution is -2.21. The Labute approximate surface area is 263 Å². The summed E-state index contributed by atoms with van der Waals surface area (Å²) in [7, 11) is 0. The number of hydrogen-bond acceptors (Lipinski definition) is 6. The van der Waals surface area contributed by atoms with E-state index >= 15 is 0 Å².